The molecule has 2 N–H and O–H groups in total. The van der Waals surface area contributed by atoms with E-state index in [2.05, 4.69) is 10.6 Å². The summed E-state index contributed by atoms with van der Waals surface area (Å²) in [5.41, 5.74) is -0.423. The normalized spacial score (nSPS) is 10.1. The first-order chi connectivity index (χ1) is 11.4. The molecule has 0 unspecified atom stereocenters. The van der Waals surface area contributed by atoms with Gasteiger partial charge in [0.05, 0.1) is 11.5 Å². The number of nitro benzene ring substituents is 1. The van der Waals surface area contributed by atoms with Crippen LogP contribution in [0.5, 0.6) is 0 Å². The number of benzene rings is 2. The van der Waals surface area contributed by atoms with Gasteiger partial charge in [-0.1, -0.05) is 17.7 Å². The van der Waals surface area contributed by atoms with Crippen LogP contribution >= 0.6 is 11.6 Å². The molecule has 0 aliphatic carbocycles. The van der Waals surface area contributed by atoms with Crippen LogP contribution in [0.3, 0.4) is 0 Å². The minimum absolute atomic E-state index is 0.0464. The second-order valence-corrected chi connectivity index (χ2v) is 5.10. The zero-order chi connectivity index (χ0) is 17.7. The minimum atomic E-state index is -1.01. The molecule has 0 saturated carbocycles. The van der Waals surface area contributed by atoms with E-state index < -0.39 is 28.2 Å². The van der Waals surface area contributed by atoms with E-state index in [1.165, 1.54) is 18.2 Å². The average Bonchev–Trinajstić information content (AvgIpc) is 2.54. The van der Waals surface area contributed by atoms with Gasteiger partial charge in [0.25, 0.3) is 5.91 Å². The topological polar surface area (TPSA) is 101 Å². The molecule has 0 aromatic heterocycles. The van der Waals surface area contributed by atoms with Crippen molar-refractivity contribution in [2.75, 3.05) is 11.9 Å². The summed E-state index contributed by atoms with van der Waals surface area (Å²) in [6.45, 7) is -0.365. The number of carbonyl (C=O) groups excluding carboxylic acids is 2. The van der Waals surface area contributed by atoms with Gasteiger partial charge in [0.1, 0.15) is 0 Å². The maximum absolute atomic E-state index is 13.2. The highest BCUT2D eigenvalue weighted by Crippen LogP contribution is 2.21. The van der Waals surface area contributed by atoms with Crippen LogP contribution in [0, 0.1) is 15.9 Å². The van der Waals surface area contributed by atoms with Crippen molar-refractivity contribution in [2.24, 2.45) is 0 Å². The Morgan fingerprint density at radius 3 is 2.62 bits per heavy atom. The minimum Gasteiger partial charge on any atom is -0.343 e. The predicted octanol–water partition coefficient (Wildman–Crippen LogP) is 2.76. The fourth-order valence-electron chi connectivity index (χ4n) is 1.83. The Bertz CT molecular complexity index is 813. The third-order valence-corrected chi connectivity index (χ3v) is 3.16. The van der Waals surface area contributed by atoms with Crippen LogP contribution in [0.15, 0.2) is 42.5 Å². The molecule has 0 aliphatic heterocycles. The summed E-state index contributed by atoms with van der Waals surface area (Å²) in [6.07, 6.45) is 0. The molecule has 2 aromatic carbocycles. The van der Waals surface area contributed by atoms with Crippen molar-refractivity contribution in [3.05, 3.63) is 69.0 Å². The molecule has 0 saturated heterocycles. The van der Waals surface area contributed by atoms with Crippen LogP contribution in [-0.2, 0) is 4.79 Å². The Morgan fingerprint density at radius 2 is 1.96 bits per heavy atom. The number of nitro groups is 1. The Kier molecular flexibility index (Phi) is 5.43. The number of hydrogen-bond donors (Lipinski definition) is 2. The highest BCUT2D eigenvalue weighted by Gasteiger charge is 2.15. The maximum atomic E-state index is 13.2. The summed E-state index contributed by atoms with van der Waals surface area (Å²) in [6, 6.07) is 9.12. The van der Waals surface area contributed by atoms with Crippen LogP contribution in [0.4, 0.5) is 15.8 Å². The molecule has 24 heavy (non-hydrogen) atoms. The highest BCUT2D eigenvalue weighted by atomic mass is 35.5. The van der Waals surface area contributed by atoms with Gasteiger partial charge in [-0.15, -0.1) is 0 Å². The van der Waals surface area contributed by atoms with Crippen molar-refractivity contribution in [1.82, 2.24) is 5.32 Å². The largest absolute Gasteiger partial charge is 0.343 e. The lowest BCUT2D eigenvalue weighted by Gasteiger charge is -2.07. The lowest BCUT2D eigenvalue weighted by atomic mass is 10.2. The molecule has 7 nitrogen and oxygen atoms in total. The van der Waals surface area contributed by atoms with Crippen molar-refractivity contribution in [3.8, 4) is 0 Å². The van der Waals surface area contributed by atoms with Crippen molar-refractivity contribution >= 4 is 34.8 Å². The lowest BCUT2D eigenvalue weighted by Crippen LogP contribution is -2.32. The number of anilines is 1. The number of amides is 2. The SMILES string of the molecule is O=C(CNC(=O)c1cccc(Cl)c1)Nc1ccc(F)c([N+](=O)[O-])c1. The van der Waals surface area contributed by atoms with Gasteiger partial charge < -0.3 is 10.6 Å². The van der Waals surface area contributed by atoms with Crippen LogP contribution in [0.2, 0.25) is 5.02 Å². The second-order valence-electron chi connectivity index (χ2n) is 4.66. The standard InChI is InChI=1S/C15H11ClFN3O4/c16-10-3-1-2-9(6-10)15(22)18-8-14(21)19-11-4-5-12(17)13(7-11)20(23)24/h1-7H,8H2,(H,18,22)(H,19,21). The summed E-state index contributed by atoms with van der Waals surface area (Å²) in [4.78, 5) is 33.4. The molecule has 0 fully saturated rings. The monoisotopic (exact) mass is 351 g/mol. The number of nitrogens with zero attached hydrogens (tertiary/aromatic N) is 1. The van der Waals surface area contributed by atoms with Gasteiger partial charge in [0, 0.05) is 22.3 Å². The zero-order valence-corrected chi connectivity index (χ0v) is 12.8. The van der Waals surface area contributed by atoms with Gasteiger partial charge in [0.15, 0.2) is 0 Å². The zero-order valence-electron chi connectivity index (χ0n) is 12.1. The van der Waals surface area contributed by atoms with Gasteiger partial charge in [-0.25, -0.2) is 0 Å². The fourth-order valence-corrected chi connectivity index (χ4v) is 2.02. The van der Waals surface area contributed by atoms with Gasteiger partial charge in [-0.2, -0.15) is 4.39 Å². The highest BCUT2D eigenvalue weighted by molar-refractivity contribution is 6.31. The summed E-state index contributed by atoms with van der Waals surface area (Å²) in [5, 5.41) is 15.7. The average molecular weight is 352 g/mol. The van der Waals surface area contributed by atoms with Gasteiger partial charge in [-0.3, -0.25) is 19.7 Å². The Hall–Kier alpha value is -3.00. The molecule has 0 heterocycles. The van der Waals surface area contributed by atoms with E-state index in [-0.39, 0.29) is 17.8 Å². The number of nitrogens with one attached hydrogen (secondary N) is 2. The first kappa shape index (κ1) is 17.4. The van der Waals surface area contributed by atoms with Gasteiger partial charge in [0.2, 0.25) is 11.7 Å². The van der Waals surface area contributed by atoms with E-state index in [9.17, 15) is 24.1 Å². The van der Waals surface area contributed by atoms with E-state index in [1.54, 1.807) is 12.1 Å². The van der Waals surface area contributed by atoms with Crippen molar-refractivity contribution < 1.29 is 18.9 Å². The molecule has 0 bridgehead atoms. The number of hydrogen-bond acceptors (Lipinski definition) is 4. The van der Waals surface area contributed by atoms with Crippen LogP contribution < -0.4 is 10.6 Å². The molecular formula is C15H11ClFN3O4. The molecule has 0 radical (unpaired) electrons. The van der Waals surface area contributed by atoms with Gasteiger partial charge >= 0.3 is 5.69 Å². The van der Waals surface area contributed by atoms with Crippen LogP contribution in [-0.4, -0.2) is 23.3 Å². The molecular weight excluding hydrogens is 341 g/mol. The Labute approximate surface area is 140 Å². The van der Waals surface area contributed by atoms with E-state index in [4.69, 9.17) is 11.6 Å². The maximum Gasteiger partial charge on any atom is 0.306 e. The predicted molar refractivity (Wildman–Crippen MR) is 85.5 cm³/mol. The fraction of sp³-hybridized carbons (Fsp3) is 0.0667. The number of rotatable bonds is 5. The molecule has 2 aromatic rings. The van der Waals surface area contributed by atoms with Crippen molar-refractivity contribution in [1.29, 1.82) is 0 Å². The molecule has 0 aliphatic rings. The number of halogens is 2. The molecule has 0 spiro atoms. The summed E-state index contributed by atoms with van der Waals surface area (Å²) >= 11 is 5.77. The van der Waals surface area contributed by atoms with E-state index in [0.717, 1.165) is 12.1 Å². The molecule has 9 heteroatoms. The van der Waals surface area contributed by atoms with Gasteiger partial charge in [-0.05, 0) is 30.3 Å². The molecule has 0 atom stereocenters. The first-order valence-electron chi connectivity index (χ1n) is 6.64. The van der Waals surface area contributed by atoms with E-state index >= 15 is 0 Å². The Morgan fingerprint density at radius 1 is 1.21 bits per heavy atom. The van der Waals surface area contributed by atoms with E-state index in [1.807, 2.05) is 0 Å². The summed E-state index contributed by atoms with van der Waals surface area (Å²) in [7, 11) is 0. The molecule has 124 valence electrons. The third-order valence-electron chi connectivity index (χ3n) is 2.92. The third kappa shape index (κ3) is 4.50. The van der Waals surface area contributed by atoms with Crippen molar-refractivity contribution in [3.63, 3.8) is 0 Å². The van der Waals surface area contributed by atoms with E-state index in [0.29, 0.717) is 5.02 Å². The second kappa shape index (κ2) is 7.51. The quantitative estimate of drug-likeness (QED) is 0.638. The molecule has 2 rings (SSSR count). The molecule has 2 amide bonds. The summed E-state index contributed by atoms with van der Waals surface area (Å²) in [5.74, 6) is -2.13. The number of carbonyl (C=O) groups is 2. The summed E-state index contributed by atoms with van der Waals surface area (Å²) < 4.78 is 13.2. The smallest absolute Gasteiger partial charge is 0.306 e. The van der Waals surface area contributed by atoms with Crippen LogP contribution in [0.25, 0.3) is 0 Å². The Balaban J connectivity index is 1.95. The lowest BCUT2D eigenvalue weighted by molar-refractivity contribution is -0.387. The first-order valence-corrected chi connectivity index (χ1v) is 7.02. The van der Waals surface area contributed by atoms with Crippen LogP contribution in [0.1, 0.15) is 10.4 Å². The van der Waals surface area contributed by atoms with Crippen molar-refractivity contribution in [2.45, 2.75) is 0 Å².